The topological polar surface area (TPSA) is 105 Å². The molecule has 2 aromatic rings. The molecule has 0 saturated carbocycles. The van der Waals surface area contributed by atoms with Crippen molar-refractivity contribution in [3.63, 3.8) is 0 Å². The van der Waals surface area contributed by atoms with E-state index in [1.807, 2.05) is 6.92 Å². The largest absolute Gasteiger partial charge is 0.497 e. The van der Waals surface area contributed by atoms with Gasteiger partial charge < -0.3 is 15.4 Å². The van der Waals surface area contributed by atoms with Crippen LogP contribution in [0.25, 0.3) is 0 Å². The van der Waals surface area contributed by atoms with Crippen LogP contribution in [-0.4, -0.2) is 50.8 Å². The Bertz CT molecular complexity index is 1050. The van der Waals surface area contributed by atoms with E-state index in [0.717, 1.165) is 24.8 Å². The molecule has 0 spiro atoms. The maximum atomic E-state index is 13.1. The van der Waals surface area contributed by atoms with Crippen molar-refractivity contribution in [2.24, 2.45) is 0 Å². The zero-order chi connectivity index (χ0) is 23.1. The number of carbonyl (C=O) groups is 2. The summed E-state index contributed by atoms with van der Waals surface area (Å²) < 4.78 is 32.9. The Hall–Kier alpha value is -2.91. The third kappa shape index (κ3) is 5.86. The highest BCUT2D eigenvalue weighted by molar-refractivity contribution is 7.89. The Balaban J connectivity index is 1.56. The molecule has 3 rings (SSSR count). The Morgan fingerprint density at radius 2 is 1.84 bits per heavy atom. The van der Waals surface area contributed by atoms with E-state index >= 15 is 0 Å². The fraction of sp³-hybridized carbons (Fsp3) is 0.391. The number of rotatable bonds is 7. The van der Waals surface area contributed by atoms with Crippen LogP contribution in [-0.2, 0) is 19.6 Å². The molecule has 172 valence electrons. The van der Waals surface area contributed by atoms with Gasteiger partial charge in [-0.15, -0.1) is 0 Å². The van der Waals surface area contributed by atoms with Crippen LogP contribution in [0.4, 0.5) is 5.69 Å². The van der Waals surface area contributed by atoms with E-state index in [9.17, 15) is 18.0 Å². The first-order valence-corrected chi connectivity index (χ1v) is 12.1. The number of hydrogen-bond donors (Lipinski definition) is 2. The molecule has 1 aliphatic rings. The van der Waals surface area contributed by atoms with Crippen molar-refractivity contribution >= 4 is 27.5 Å². The molecule has 1 atom stereocenters. The molecule has 2 aromatic carbocycles. The number of anilines is 1. The highest BCUT2D eigenvalue weighted by Gasteiger charge is 2.33. The average molecular weight is 460 g/mol. The van der Waals surface area contributed by atoms with E-state index in [1.54, 1.807) is 48.5 Å². The van der Waals surface area contributed by atoms with Gasteiger partial charge >= 0.3 is 11.8 Å². The second-order valence-electron chi connectivity index (χ2n) is 7.81. The van der Waals surface area contributed by atoms with E-state index in [2.05, 4.69) is 10.6 Å². The monoisotopic (exact) mass is 459 g/mol. The van der Waals surface area contributed by atoms with Crippen LogP contribution in [0.3, 0.4) is 0 Å². The van der Waals surface area contributed by atoms with Gasteiger partial charge in [0.25, 0.3) is 0 Å². The Labute approximate surface area is 189 Å². The number of amides is 2. The van der Waals surface area contributed by atoms with E-state index in [1.165, 1.54) is 11.4 Å². The van der Waals surface area contributed by atoms with Gasteiger partial charge in [-0.3, -0.25) is 9.59 Å². The summed E-state index contributed by atoms with van der Waals surface area (Å²) in [4.78, 5) is 24.6. The van der Waals surface area contributed by atoms with E-state index in [0.29, 0.717) is 24.4 Å². The summed E-state index contributed by atoms with van der Waals surface area (Å²) in [6.45, 7) is 2.56. The second-order valence-corrected chi connectivity index (χ2v) is 9.70. The SMILES string of the molecule is COc1cccc(NC(=O)C(=O)NCC[C@H]2CCCCN2S(=O)(=O)c2ccc(C)cc2)c1. The average Bonchev–Trinajstić information content (AvgIpc) is 2.79. The van der Waals surface area contributed by atoms with Crippen LogP contribution in [0, 0.1) is 6.92 Å². The van der Waals surface area contributed by atoms with E-state index < -0.39 is 21.8 Å². The molecule has 1 fully saturated rings. The van der Waals surface area contributed by atoms with Gasteiger partial charge in [0.2, 0.25) is 10.0 Å². The molecule has 1 saturated heterocycles. The van der Waals surface area contributed by atoms with Crippen LogP contribution in [0.5, 0.6) is 5.75 Å². The van der Waals surface area contributed by atoms with Gasteiger partial charge in [0.05, 0.1) is 12.0 Å². The molecule has 0 radical (unpaired) electrons. The van der Waals surface area contributed by atoms with Crippen molar-refractivity contribution in [2.75, 3.05) is 25.5 Å². The first-order valence-electron chi connectivity index (χ1n) is 10.6. The highest BCUT2D eigenvalue weighted by atomic mass is 32.2. The quantitative estimate of drug-likeness (QED) is 0.620. The molecule has 1 heterocycles. The maximum absolute atomic E-state index is 13.1. The number of aryl methyl sites for hydroxylation is 1. The third-order valence-electron chi connectivity index (χ3n) is 5.50. The van der Waals surface area contributed by atoms with Crippen LogP contribution in [0.2, 0.25) is 0 Å². The summed E-state index contributed by atoms with van der Waals surface area (Å²) in [5, 5.41) is 5.12. The number of carbonyl (C=O) groups excluding carboxylic acids is 2. The Morgan fingerprint density at radius 3 is 2.56 bits per heavy atom. The molecule has 2 amide bonds. The number of piperidine rings is 1. The zero-order valence-corrected chi connectivity index (χ0v) is 19.2. The molecular weight excluding hydrogens is 430 g/mol. The van der Waals surface area contributed by atoms with Crippen molar-refractivity contribution in [3.05, 3.63) is 54.1 Å². The fourth-order valence-electron chi connectivity index (χ4n) is 3.75. The zero-order valence-electron chi connectivity index (χ0n) is 18.3. The minimum absolute atomic E-state index is 0.203. The summed E-state index contributed by atoms with van der Waals surface area (Å²) in [7, 11) is -2.10. The van der Waals surface area contributed by atoms with Crippen molar-refractivity contribution in [1.82, 2.24) is 9.62 Å². The lowest BCUT2D eigenvalue weighted by atomic mass is 10.0. The number of nitrogens with zero attached hydrogens (tertiary/aromatic N) is 1. The summed E-state index contributed by atoms with van der Waals surface area (Å²) in [5.41, 5.74) is 1.45. The van der Waals surface area contributed by atoms with E-state index in [-0.39, 0.29) is 17.5 Å². The number of methoxy groups -OCH3 is 1. The van der Waals surface area contributed by atoms with Crippen LogP contribution >= 0.6 is 0 Å². The molecule has 0 bridgehead atoms. The van der Waals surface area contributed by atoms with Gasteiger partial charge in [-0.25, -0.2) is 8.42 Å². The predicted molar refractivity (Wildman–Crippen MR) is 122 cm³/mol. The van der Waals surface area contributed by atoms with Crippen molar-refractivity contribution < 1.29 is 22.7 Å². The number of sulfonamides is 1. The van der Waals surface area contributed by atoms with Crippen LogP contribution in [0.1, 0.15) is 31.2 Å². The lowest BCUT2D eigenvalue weighted by molar-refractivity contribution is -0.136. The first-order chi connectivity index (χ1) is 15.3. The lowest BCUT2D eigenvalue weighted by Crippen LogP contribution is -2.45. The summed E-state index contributed by atoms with van der Waals surface area (Å²) in [6.07, 6.45) is 2.88. The van der Waals surface area contributed by atoms with E-state index in [4.69, 9.17) is 4.74 Å². The van der Waals surface area contributed by atoms with Gasteiger partial charge in [0.1, 0.15) is 5.75 Å². The lowest BCUT2D eigenvalue weighted by Gasteiger charge is -2.34. The van der Waals surface area contributed by atoms with Gasteiger partial charge in [-0.05, 0) is 50.5 Å². The molecule has 0 unspecified atom stereocenters. The molecule has 2 N–H and O–H groups in total. The number of ether oxygens (including phenoxy) is 1. The fourth-order valence-corrected chi connectivity index (χ4v) is 5.47. The number of hydrogen-bond acceptors (Lipinski definition) is 5. The minimum Gasteiger partial charge on any atom is -0.497 e. The van der Waals surface area contributed by atoms with Crippen molar-refractivity contribution in [2.45, 2.75) is 43.5 Å². The number of benzene rings is 2. The van der Waals surface area contributed by atoms with Crippen molar-refractivity contribution in [1.29, 1.82) is 0 Å². The van der Waals surface area contributed by atoms with Gasteiger partial charge in [0.15, 0.2) is 0 Å². The molecule has 0 aliphatic carbocycles. The number of nitrogens with one attached hydrogen (secondary N) is 2. The Morgan fingerprint density at radius 1 is 1.09 bits per heavy atom. The Kier molecular flexibility index (Phi) is 7.87. The molecule has 32 heavy (non-hydrogen) atoms. The van der Waals surface area contributed by atoms with Gasteiger partial charge in [0, 0.05) is 30.9 Å². The van der Waals surface area contributed by atoms with Crippen LogP contribution in [0.15, 0.2) is 53.4 Å². The van der Waals surface area contributed by atoms with Gasteiger partial charge in [-0.1, -0.05) is 30.2 Å². The predicted octanol–water partition coefficient (Wildman–Crippen LogP) is 2.69. The molecule has 0 aromatic heterocycles. The molecule has 1 aliphatic heterocycles. The summed E-state index contributed by atoms with van der Waals surface area (Å²) in [5.74, 6) is -0.988. The first kappa shape index (κ1) is 23.7. The standard InChI is InChI=1S/C23H29N3O5S/c1-17-9-11-21(12-10-17)32(29,30)26-15-4-3-7-19(26)13-14-24-22(27)23(28)25-18-6-5-8-20(16-18)31-2/h5-6,8-12,16,19H,3-4,7,13-15H2,1-2H3,(H,24,27)(H,25,28)/t19-/m1/s1. The maximum Gasteiger partial charge on any atom is 0.313 e. The molecular formula is C23H29N3O5S. The molecule has 9 heteroatoms. The van der Waals surface area contributed by atoms with Gasteiger partial charge in [-0.2, -0.15) is 4.31 Å². The molecule has 8 nitrogen and oxygen atoms in total. The highest BCUT2D eigenvalue weighted by Crippen LogP contribution is 2.27. The smallest absolute Gasteiger partial charge is 0.313 e. The normalized spacial score (nSPS) is 16.9. The summed E-state index contributed by atoms with van der Waals surface area (Å²) >= 11 is 0. The van der Waals surface area contributed by atoms with Crippen LogP contribution < -0.4 is 15.4 Å². The summed E-state index contributed by atoms with van der Waals surface area (Å²) in [6, 6.07) is 13.3. The second kappa shape index (κ2) is 10.6. The van der Waals surface area contributed by atoms with Crippen molar-refractivity contribution in [3.8, 4) is 5.75 Å². The third-order valence-corrected chi connectivity index (χ3v) is 7.46. The minimum atomic E-state index is -3.61.